The Morgan fingerprint density at radius 2 is 1.59 bits per heavy atom. The van der Waals surface area contributed by atoms with Crippen LogP contribution in [0.3, 0.4) is 0 Å². The van der Waals surface area contributed by atoms with E-state index >= 15 is 0 Å². The number of nitrogens with one attached hydrogen (secondary N) is 2. The highest BCUT2D eigenvalue weighted by molar-refractivity contribution is 6.04. The third-order valence-electron chi connectivity index (χ3n) is 7.83. The Bertz CT molecular complexity index is 1760. The number of aromatic nitrogens is 4. The summed E-state index contributed by atoms with van der Waals surface area (Å²) in [5.41, 5.74) is 8.66. The van der Waals surface area contributed by atoms with Gasteiger partial charge in [0.25, 0.3) is 5.91 Å². The number of amides is 1. The lowest BCUT2D eigenvalue weighted by molar-refractivity contribution is 0.102. The molecule has 222 valence electrons. The molecule has 44 heavy (non-hydrogen) atoms. The molecule has 1 amide bonds. The number of anilines is 3. The van der Waals surface area contributed by atoms with Crippen LogP contribution in [0.2, 0.25) is 0 Å². The number of aryl methyl sites for hydroxylation is 2. The molecule has 0 saturated carbocycles. The van der Waals surface area contributed by atoms with Gasteiger partial charge in [-0.3, -0.25) is 19.7 Å². The van der Waals surface area contributed by atoms with Gasteiger partial charge in [0.1, 0.15) is 0 Å². The molecule has 2 aromatic carbocycles. The van der Waals surface area contributed by atoms with Gasteiger partial charge in [-0.15, -0.1) is 0 Å². The van der Waals surface area contributed by atoms with Gasteiger partial charge in [0, 0.05) is 85.1 Å². The fourth-order valence-electron chi connectivity index (χ4n) is 5.19. The van der Waals surface area contributed by atoms with Crippen LogP contribution in [0.1, 0.15) is 27.2 Å². The smallest absolute Gasteiger partial charge is 0.255 e. The van der Waals surface area contributed by atoms with E-state index in [2.05, 4.69) is 42.4 Å². The molecule has 4 heterocycles. The van der Waals surface area contributed by atoms with Crippen LogP contribution in [0.15, 0.2) is 91.4 Å². The van der Waals surface area contributed by atoms with Crippen LogP contribution in [0.5, 0.6) is 0 Å². The molecule has 9 heteroatoms. The summed E-state index contributed by atoms with van der Waals surface area (Å²) in [7, 11) is 2.16. The topological polar surface area (TPSA) is 99.2 Å². The molecule has 1 fully saturated rings. The maximum Gasteiger partial charge on any atom is 0.255 e. The van der Waals surface area contributed by atoms with Gasteiger partial charge in [0.05, 0.1) is 11.4 Å². The van der Waals surface area contributed by atoms with Gasteiger partial charge in [-0.05, 0) is 80.6 Å². The van der Waals surface area contributed by atoms with Crippen molar-refractivity contribution in [2.24, 2.45) is 0 Å². The molecule has 2 N–H and O–H groups in total. The predicted molar refractivity (Wildman–Crippen MR) is 175 cm³/mol. The first kappa shape index (κ1) is 29.1. The van der Waals surface area contributed by atoms with E-state index in [0.29, 0.717) is 17.2 Å². The van der Waals surface area contributed by atoms with Crippen LogP contribution in [0, 0.1) is 13.8 Å². The number of nitrogens with zero attached hydrogens (tertiary/aromatic N) is 6. The molecular weight excluding hydrogens is 548 g/mol. The third-order valence-corrected chi connectivity index (χ3v) is 7.83. The molecule has 6 rings (SSSR count). The van der Waals surface area contributed by atoms with Gasteiger partial charge in [-0.1, -0.05) is 24.3 Å². The van der Waals surface area contributed by atoms with E-state index in [0.717, 1.165) is 72.2 Å². The quantitative estimate of drug-likeness (QED) is 0.231. The Labute approximate surface area is 258 Å². The second kappa shape index (κ2) is 13.1. The Morgan fingerprint density at radius 1 is 0.841 bits per heavy atom. The summed E-state index contributed by atoms with van der Waals surface area (Å²) in [6, 6.07) is 23.5. The number of likely N-dealkylation sites (N-methyl/N-ethyl adjacent to an activating group) is 1. The zero-order valence-corrected chi connectivity index (χ0v) is 25.3. The standard InChI is InChI=1S/C35H36N8O/c1-24-7-12-30(39-34(44)27-10-8-26(9-11-27)23-43-17-15-42(3)16-18-43)20-33(24)41-35-37-14-13-32(40-35)29-19-28(21-36-22-29)31-6-4-5-25(2)38-31/h4-14,19-22H,15-18,23H2,1-3H3,(H,39,44)(H,37,40,41). The van der Waals surface area contributed by atoms with Crippen molar-refractivity contribution in [3.05, 3.63) is 114 Å². The van der Waals surface area contributed by atoms with Crippen LogP contribution < -0.4 is 10.6 Å². The van der Waals surface area contributed by atoms with Crippen molar-refractivity contribution in [1.29, 1.82) is 0 Å². The fraction of sp³-hybridized carbons (Fsp3) is 0.229. The lowest BCUT2D eigenvalue weighted by Gasteiger charge is -2.32. The van der Waals surface area contributed by atoms with Gasteiger partial charge in [-0.2, -0.15) is 0 Å². The van der Waals surface area contributed by atoms with E-state index in [1.54, 1.807) is 18.6 Å². The lowest BCUT2D eigenvalue weighted by Crippen LogP contribution is -2.43. The third kappa shape index (κ3) is 7.14. The molecule has 0 radical (unpaired) electrons. The first-order valence-electron chi connectivity index (χ1n) is 14.8. The van der Waals surface area contributed by atoms with Gasteiger partial charge in [0.15, 0.2) is 0 Å². The number of carbonyl (C=O) groups is 1. The first-order chi connectivity index (χ1) is 21.4. The SMILES string of the molecule is Cc1cccc(-c2cncc(-c3ccnc(Nc4cc(NC(=O)c5ccc(CN6CCN(C)CC6)cc5)ccc4C)n3)c2)n1. The van der Waals surface area contributed by atoms with E-state index < -0.39 is 0 Å². The van der Waals surface area contributed by atoms with E-state index in [-0.39, 0.29) is 5.91 Å². The molecule has 0 atom stereocenters. The molecular formula is C35H36N8O. The average Bonchev–Trinajstić information content (AvgIpc) is 3.04. The number of piperazine rings is 1. The average molecular weight is 585 g/mol. The molecule has 0 bridgehead atoms. The number of carbonyl (C=O) groups excluding carboxylic acids is 1. The van der Waals surface area contributed by atoms with Crippen molar-refractivity contribution in [2.75, 3.05) is 43.9 Å². The minimum atomic E-state index is -0.153. The Hall–Kier alpha value is -4.99. The summed E-state index contributed by atoms with van der Waals surface area (Å²) in [4.78, 5) is 36.1. The first-order valence-corrected chi connectivity index (χ1v) is 14.8. The molecule has 0 unspecified atom stereocenters. The summed E-state index contributed by atoms with van der Waals surface area (Å²) in [5.74, 6) is 0.295. The van der Waals surface area contributed by atoms with Crippen LogP contribution >= 0.6 is 0 Å². The van der Waals surface area contributed by atoms with Gasteiger partial charge >= 0.3 is 0 Å². The molecule has 0 aliphatic carbocycles. The zero-order chi connectivity index (χ0) is 30.5. The van der Waals surface area contributed by atoms with Crippen molar-refractivity contribution < 1.29 is 4.79 Å². The number of rotatable bonds is 8. The molecule has 1 aliphatic rings. The lowest BCUT2D eigenvalue weighted by atomic mass is 10.1. The second-order valence-corrected chi connectivity index (χ2v) is 11.3. The maximum atomic E-state index is 13.1. The van der Waals surface area contributed by atoms with Crippen molar-refractivity contribution in [3.8, 4) is 22.5 Å². The number of pyridine rings is 2. The summed E-state index contributed by atoms with van der Waals surface area (Å²) >= 11 is 0. The van der Waals surface area contributed by atoms with Gasteiger partial charge < -0.3 is 15.5 Å². The Balaban J connectivity index is 1.13. The molecule has 1 saturated heterocycles. The molecule has 9 nitrogen and oxygen atoms in total. The molecule has 1 aliphatic heterocycles. The van der Waals surface area contributed by atoms with Crippen molar-refractivity contribution in [1.82, 2.24) is 29.7 Å². The van der Waals surface area contributed by atoms with Crippen LogP contribution in [0.25, 0.3) is 22.5 Å². The van der Waals surface area contributed by atoms with E-state index in [9.17, 15) is 4.79 Å². The van der Waals surface area contributed by atoms with Crippen LogP contribution in [0.4, 0.5) is 17.3 Å². The largest absolute Gasteiger partial charge is 0.324 e. The molecule has 3 aromatic heterocycles. The number of hydrogen-bond acceptors (Lipinski definition) is 8. The van der Waals surface area contributed by atoms with E-state index in [4.69, 9.17) is 4.98 Å². The Morgan fingerprint density at radius 3 is 2.34 bits per heavy atom. The van der Waals surface area contributed by atoms with Crippen molar-refractivity contribution in [2.45, 2.75) is 20.4 Å². The highest BCUT2D eigenvalue weighted by Crippen LogP contribution is 2.26. The predicted octanol–water partition coefficient (Wildman–Crippen LogP) is 5.96. The van der Waals surface area contributed by atoms with E-state index in [1.807, 2.05) is 86.6 Å². The monoisotopic (exact) mass is 584 g/mol. The highest BCUT2D eigenvalue weighted by atomic mass is 16.1. The van der Waals surface area contributed by atoms with Crippen molar-refractivity contribution in [3.63, 3.8) is 0 Å². The normalized spacial score (nSPS) is 13.9. The summed E-state index contributed by atoms with van der Waals surface area (Å²) in [5, 5.41) is 6.35. The number of benzene rings is 2. The van der Waals surface area contributed by atoms with Crippen LogP contribution in [-0.2, 0) is 6.54 Å². The highest BCUT2D eigenvalue weighted by Gasteiger charge is 2.15. The maximum absolute atomic E-state index is 13.1. The van der Waals surface area contributed by atoms with Crippen molar-refractivity contribution >= 4 is 23.2 Å². The molecule has 0 spiro atoms. The second-order valence-electron chi connectivity index (χ2n) is 11.3. The summed E-state index contributed by atoms with van der Waals surface area (Å²) < 4.78 is 0. The minimum absolute atomic E-state index is 0.153. The van der Waals surface area contributed by atoms with Crippen LogP contribution in [-0.4, -0.2) is 68.9 Å². The zero-order valence-electron chi connectivity index (χ0n) is 25.3. The number of hydrogen-bond donors (Lipinski definition) is 2. The van der Waals surface area contributed by atoms with Gasteiger partial charge in [-0.25, -0.2) is 9.97 Å². The molecule has 5 aromatic rings. The summed E-state index contributed by atoms with van der Waals surface area (Å²) in [6.45, 7) is 9.17. The Kier molecular flexibility index (Phi) is 8.67. The van der Waals surface area contributed by atoms with Gasteiger partial charge in [0.2, 0.25) is 5.95 Å². The summed E-state index contributed by atoms with van der Waals surface area (Å²) in [6.07, 6.45) is 5.31. The minimum Gasteiger partial charge on any atom is -0.324 e. The van der Waals surface area contributed by atoms with E-state index in [1.165, 1.54) is 5.56 Å². The fourth-order valence-corrected chi connectivity index (χ4v) is 5.19.